The highest BCUT2D eigenvalue weighted by atomic mass is 16.3. The standard InChI is InChI=1S/C9H19NO/c1-7(5-8-3-4-8)9(2,10)6-11/h7-8,11H,3-6,10H2,1-2H3. The average molecular weight is 157 g/mol. The summed E-state index contributed by atoms with van der Waals surface area (Å²) in [7, 11) is 0. The number of rotatable bonds is 4. The molecule has 0 amide bonds. The number of hydrogen-bond acceptors (Lipinski definition) is 2. The van der Waals surface area contributed by atoms with Crippen LogP contribution in [0.4, 0.5) is 0 Å². The van der Waals surface area contributed by atoms with Crippen molar-refractivity contribution in [1.29, 1.82) is 0 Å². The second kappa shape index (κ2) is 3.11. The molecule has 11 heavy (non-hydrogen) atoms. The lowest BCUT2D eigenvalue weighted by molar-refractivity contribution is 0.154. The minimum Gasteiger partial charge on any atom is -0.394 e. The van der Waals surface area contributed by atoms with Crippen LogP contribution >= 0.6 is 0 Å². The number of hydrogen-bond donors (Lipinski definition) is 2. The van der Waals surface area contributed by atoms with E-state index in [-0.39, 0.29) is 12.1 Å². The first kappa shape index (κ1) is 9.01. The summed E-state index contributed by atoms with van der Waals surface area (Å²) < 4.78 is 0. The fourth-order valence-electron chi connectivity index (χ4n) is 1.28. The fourth-order valence-corrected chi connectivity index (χ4v) is 1.28. The van der Waals surface area contributed by atoms with E-state index in [4.69, 9.17) is 10.8 Å². The van der Waals surface area contributed by atoms with Gasteiger partial charge in [-0.1, -0.05) is 19.8 Å². The van der Waals surface area contributed by atoms with E-state index < -0.39 is 0 Å². The van der Waals surface area contributed by atoms with Crippen LogP contribution in [0.1, 0.15) is 33.1 Å². The maximum Gasteiger partial charge on any atom is 0.0611 e. The first-order chi connectivity index (χ1) is 5.06. The normalized spacial score (nSPS) is 26.2. The van der Waals surface area contributed by atoms with Crippen molar-refractivity contribution in [3.05, 3.63) is 0 Å². The minimum atomic E-state index is -0.372. The van der Waals surface area contributed by atoms with Gasteiger partial charge in [-0.3, -0.25) is 0 Å². The molecule has 0 spiro atoms. The zero-order valence-corrected chi connectivity index (χ0v) is 7.51. The summed E-state index contributed by atoms with van der Waals surface area (Å²) in [5, 5.41) is 8.97. The Kier molecular flexibility index (Phi) is 2.55. The molecule has 0 radical (unpaired) electrons. The molecular formula is C9H19NO. The SMILES string of the molecule is CC(CC1CC1)C(C)(N)CO. The van der Waals surface area contributed by atoms with Crippen molar-refractivity contribution < 1.29 is 5.11 Å². The molecule has 2 atom stereocenters. The Bertz CT molecular complexity index is 130. The molecule has 1 saturated carbocycles. The molecule has 1 rings (SSSR count). The molecule has 1 aliphatic carbocycles. The Hall–Kier alpha value is -0.0800. The molecule has 66 valence electrons. The van der Waals surface area contributed by atoms with Crippen molar-refractivity contribution in [2.75, 3.05) is 6.61 Å². The van der Waals surface area contributed by atoms with E-state index in [1.807, 2.05) is 6.92 Å². The predicted molar refractivity (Wildman–Crippen MR) is 46.2 cm³/mol. The Morgan fingerprint density at radius 2 is 2.18 bits per heavy atom. The maximum absolute atomic E-state index is 8.97. The quantitative estimate of drug-likeness (QED) is 0.642. The third-order valence-electron chi connectivity index (χ3n) is 2.85. The monoisotopic (exact) mass is 157 g/mol. The molecule has 2 unspecified atom stereocenters. The van der Waals surface area contributed by atoms with Crippen LogP contribution in [0.3, 0.4) is 0 Å². The Labute approximate surface area is 68.8 Å². The fraction of sp³-hybridized carbons (Fsp3) is 1.00. The van der Waals surface area contributed by atoms with Crippen LogP contribution in [0.15, 0.2) is 0 Å². The summed E-state index contributed by atoms with van der Waals surface area (Å²) >= 11 is 0. The van der Waals surface area contributed by atoms with Crippen LogP contribution in [0.2, 0.25) is 0 Å². The van der Waals surface area contributed by atoms with Gasteiger partial charge in [0.05, 0.1) is 6.61 Å². The molecule has 0 aliphatic heterocycles. The molecule has 0 saturated heterocycles. The van der Waals surface area contributed by atoms with Gasteiger partial charge in [-0.05, 0) is 25.2 Å². The zero-order valence-electron chi connectivity index (χ0n) is 7.51. The van der Waals surface area contributed by atoms with E-state index in [1.54, 1.807) is 0 Å². The van der Waals surface area contributed by atoms with Crippen LogP contribution in [-0.4, -0.2) is 17.3 Å². The molecule has 1 aliphatic rings. The lowest BCUT2D eigenvalue weighted by atomic mass is 9.85. The Morgan fingerprint density at radius 3 is 2.55 bits per heavy atom. The number of aliphatic hydroxyl groups excluding tert-OH is 1. The molecule has 3 N–H and O–H groups in total. The third-order valence-corrected chi connectivity index (χ3v) is 2.85. The highest BCUT2D eigenvalue weighted by Gasteiger charge is 2.31. The second-order valence-corrected chi connectivity index (χ2v) is 4.24. The van der Waals surface area contributed by atoms with Gasteiger partial charge in [-0.15, -0.1) is 0 Å². The minimum absolute atomic E-state index is 0.0981. The summed E-state index contributed by atoms with van der Waals surface area (Å²) in [6.45, 7) is 4.16. The summed E-state index contributed by atoms with van der Waals surface area (Å²) in [4.78, 5) is 0. The van der Waals surface area contributed by atoms with Crippen LogP contribution < -0.4 is 5.73 Å². The summed E-state index contributed by atoms with van der Waals surface area (Å²) in [5.74, 6) is 1.35. The van der Waals surface area contributed by atoms with Gasteiger partial charge >= 0.3 is 0 Å². The van der Waals surface area contributed by atoms with Gasteiger partial charge in [0.2, 0.25) is 0 Å². The van der Waals surface area contributed by atoms with Crippen molar-refractivity contribution in [1.82, 2.24) is 0 Å². The third kappa shape index (κ3) is 2.46. The van der Waals surface area contributed by atoms with Crippen LogP contribution in [-0.2, 0) is 0 Å². The molecule has 2 nitrogen and oxygen atoms in total. The summed E-state index contributed by atoms with van der Waals surface area (Å²) in [6, 6.07) is 0. The molecule has 0 aromatic carbocycles. The van der Waals surface area contributed by atoms with Crippen molar-refractivity contribution >= 4 is 0 Å². The first-order valence-electron chi connectivity index (χ1n) is 4.46. The van der Waals surface area contributed by atoms with Crippen LogP contribution in [0.25, 0.3) is 0 Å². The largest absolute Gasteiger partial charge is 0.394 e. The number of nitrogens with two attached hydrogens (primary N) is 1. The lowest BCUT2D eigenvalue weighted by Crippen LogP contribution is -2.46. The molecule has 2 heteroatoms. The highest BCUT2D eigenvalue weighted by molar-refractivity contribution is 4.87. The van der Waals surface area contributed by atoms with Crippen molar-refractivity contribution in [2.45, 2.75) is 38.6 Å². The summed E-state index contributed by atoms with van der Waals surface area (Å²) in [5.41, 5.74) is 5.51. The first-order valence-corrected chi connectivity index (χ1v) is 4.46. The molecule has 0 aromatic rings. The van der Waals surface area contributed by atoms with E-state index >= 15 is 0 Å². The predicted octanol–water partition coefficient (Wildman–Crippen LogP) is 1.13. The molecular weight excluding hydrogens is 138 g/mol. The number of aliphatic hydroxyl groups is 1. The Balaban J connectivity index is 2.31. The van der Waals surface area contributed by atoms with E-state index in [9.17, 15) is 0 Å². The lowest BCUT2D eigenvalue weighted by Gasteiger charge is -2.29. The maximum atomic E-state index is 8.97. The van der Waals surface area contributed by atoms with E-state index in [0.29, 0.717) is 5.92 Å². The van der Waals surface area contributed by atoms with Crippen LogP contribution in [0.5, 0.6) is 0 Å². The van der Waals surface area contributed by atoms with Crippen molar-refractivity contribution in [3.8, 4) is 0 Å². The Morgan fingerprint density at radius 1 is 1.64 bits per heavy atom. The van der Waals surface area contributed by atoms with E-state index in [1.165, 1.54) is 19.3 Å². The average Bonchev–Trinajstić information content (AvgIpc) is 2.72. The van der Waals surface area contributed by atoms with Gasteiger partial charge in [0.1, 0.15) is 0 Å². The summed E-state index contributed by atoms with van der Waals surface area (Å²) in [6.07, 6.45) is 3.92. The van der Waals surface area contributed by atoms with Crippen LogP contribution in [0, 0.1) is 11.8 Å². The molecule has 1 fully saturated rings. The van der Waals surface area contributed by atoms with Gasteiger partial charge in [-0.25, -0.2) is 0 Å². The molecule has 0 heterocycles. The molecule has 0 bridgehead atoms. The van der Waals surface area contributed by atoms with E-state index in [0.717, 1.165) is 5.92 Å². The van der Waals surface area contributed by atoms with Crippen molar-refractivity contribution in [3.63, 3.8) is 0 Å². The van der Waals surface area contributed by atoms with E-state index in [2.05, 4.69) is 6.92 Å². The highest BCUT2D eigenvalue weighted by Crippen LogP contribution is 2.37. The van der Waals surface area contributed by atoms with Gasteiger partial charge in [0.15, 0.2) is 0 Å². The topological polar surface area (TPSA) is 46.2 Å². The van der Waals surface area contributed by atoms with Crippen molar-refractivity contribution in [2.24, 2.45) is 17.6 Å². The smallest absolute Gasteiger partial charge is 0.0611 e. The van der Waals surface area contributed by atoms with Gasteiger partial charge in [-0.2, -0.15) is 0 Å². The second-order valence-electron chi connectivity index (χ2n) is 4.24. The zero-order chi connectivity index (χ0) is 8.48. The van der Waals surface area contributed by atoms with Gasteiger partial charge < -0.3 is 10.8 Å². The van der Waals surface area contributed by atoms with Gasteiger partial charge in [0.25, 0.3) is 0 Å². The van der Waals surface area contributed by atoms with Gasteiger partial charge in [0, 0.05) is 5.54 Å². The molecule has 0 aromatic heterocycles.